The van der Waals surface area contributed by atoms with Crippen LogP contribution in [0.2, 0.25) is 0 Å². The number of hydrogen-bond acceptors (Lipinski definition) is 9. The Hall–Kier alpha value is 2.09. The summed E-state index contributed by atoms with van der Waals surface area (Å²) in [6, 6.07) is 0. The van der Waals surface area contributed by atoms with E-state index >= 15 is 0 Å². The van der Waals surface area contributed by atoms with E-state index in [0.29, 0.717) is 0 Å². The minimum atomic E-state index is -6.07. The van der Waals surface area contributed by atoms with Gasteiger partial charge in [0, 0.05) is 41.7 Å². The van der Waals surface area contributed by atoms with Crippen LogP contribution in [0.5, 0.6) is 0 Å². The fourth-order valence-corrected chi connectivity index (χ4v) is 5.97. The van der Waals surface area contributed by atoms with Crippen LogP contribution in [0.1, 0.15) is 0 Å². The third-order valence-electron chi connectivity index (χ3n) is 0.832. The van der Waals surface area contributed by atoms with E-state index in [4.69, 9.17) is 34.3 Å². The maximum Gasteiger partial charge on any atom is 0.490 e. The van der Waals surface area contributed by atoms with Crippen molar-refractivity contribution in [1.29, 1.82) is 0 Å². The van der Waals surface area contributed by atoms with E-state index in [0.717, 1.165) is 0 Å². The minimum absolute atomic E-state index is 0. The number of rotatable bonds is 8. The van der Waals surface area contributed by atoms with Gasteiger partial charge < -0.3 is 34.3 Å². The molecule has 22 heavy (non-hydrogen) atoms. The average Bonchev–Trinajstić information content (AvgIpc) is 1.83. The SMILES string of the molecule is O=P(O)(O)OP(=O)(O)OP(=O)(O)OP(=O)(O)OP(=O)(O)O.[Ce]. The van der Waals surface area contributed by atoms with Gasteiger partial charge in [-0.1, -0.05) is 0 Å². The van der Waals surface area contributed by atoms with Crippen molar-refractivity contribution in [3.63, 3.8) is 0 Å². The van der Waals surface area contributed by atoms with Crippen LogP contribution in [0.25, 0.3) is 0 Å². The summed E-state index contributed by atoms with van der Waals surface area (Å²) in [4.78, 5) is 58.7. The third-order valence-corrected chi connectivity index (χ3v) is 7.49. The molecule has 0 heterocycles. The van der Waals surface area contributed by atoms with Gasteiger partial charge in [0.2, 0.25) is 0 Å². The fraction of sp³-hybridized carbons (Fsp3) is 0. The van der Waals surface area contributed by atoms with Gasteiger partial charge >= 0.3 is 39.1 Å². The summed E-state index contributed by atoms with van der Waals surface area (Å²) < 4.78 is 65.6. The van der Waals surface area contributed by atoms with Crippen molar-refractivity contribution in [3.05, 3.63) is 0 Å². The Labute approximate surface area is 154 Å². The summed E-state index contributed by atoms with van der Waals surface area (Å²) in [7, 11) is -29.3. The third kappa shape index (κ3) is 14.4. The van der Waals surface area contributed by atoms with E-state index in [1.165, 1.54) is 0 Å². The van der Waals surface area contributed by atoms with Crippen molar-refractivity contribution in [2.24, 2.45) is 0 Å². The smallest absolute Gasteiger partial charge is 0.302 e. The fourth-order valence-electron chi connectivity index (χ4n) is 0.574. The second kappa shape index (κ2) is 8.65. The van der Waals surface area contributed by atoms with Crippen LogP contribution in [0.3, 0.4) is 0 Å². The number of hydrogen-bond donors (Lipinski definition) is 7. The van der Waals surface area contributed by atoms with E-state index < -0.39 is 39.1 Å². The molecule has 0 radical (unpaired) electrons. The molecule has 0 bridgehead atoms. The van der Waals surface area contributed by atoms with E-state index in [-0.39, 0.29) is 41.7 Å². The van der Waals surface area contributed by atoms with Gasteiger partial charge in [-0.25, -0.2) is 22.8 Å². The van der Waals surface area contributed by atoms with Gasteiger partial charge in [0.15, 0.2) is 0 Å². The molecule has 7 N–H and O–H groups in total. The molecule has 0 aliphatic rings. The summed E-state index contributed by atoms with van der Waals surface area (Å²) >= 11 is 0. The predicted octanol–water partition coefficient (Wildman–Crippen LogP) is -0.461. The Balaban J connectivity index is 0. The van der Waals surface area contributed by atoms with Gasteiger partial charge in [-0.3, -0.25) is 0 Å². The van der Waals surface area contributed by atoms with Crippen molar-refractivity contribution in [2.75, 3.05) is 0 Å². The van der Waals surface area contributed by atoms with Crippen LogP contribution in [-0.2, 0) is 40.1 Å². The van der Waals surface area contributed by atoms with Gasteiger partial charge in [-0.15, -0.1) is 0 Å². The standard InChI is InChI=1S/Ce.H7O16P5/c;1-17(2,3)13-19(7,8)15-21(11,12)16-20(9,10)14-18(4,5)6/h;(H,7,8)(H,9,10)(H,11,12)(H2,1,2,3)(H2,4,5,6). The summed E-state index contributed by atoms with van der Waals surface area (Å²) in [6.07, 6.45) is 0. The van der Waals surface area contributed by atoms with Crippen molar-refractivity contribution in [1.82, 2.24) is 0 Å². The van der Waals surface area contributed by atoms with Gasteiger partial charge in [0.1, 0.15) is 0 Å². The molecule has 2 atom stereocenters. The second-order valence-electron chi connectivity index (χ2n) is 2.71. The summed E-state index contributed by atoms with van der Waals surface area (Å²) in [6.45, 7) is 0. The molecule has 0 aliphatic heterocycles. The van der Waals surface area contributed by atoms with E-state index in [1.807, 2.05) is 0 Å². The molecule has 22 heteroatoms. The van der Waals surface area contributed by atoms with E-state index in [1.54, 1.807) is 0 Å². The summed E-state index contributed by atoms with van der Waals surface area (Å²) in [5, 5.41) is 0. The normalized spacial score (nSPS) is 21.0. The van der Waals surface area contributed by atoms with Crippen LogP contribution in [-0.4, -0.2) is 34.3 Å². The molecule has 0 saturated heterocycles. The zero-order valence-electron chi connectivity index (χ0n) is 9.54. The zero-order chi connectivity index (χ0) is 17.3. The van der Waals surface area contributed by atoms with Crippen molar-refractivity contribution < 1.29 is 116 Å². The van der Waals surface area contributed by atoms with E-state index in [9.17, 15) is 22.8 Å². The molecule has 0 saturated carbocycles. The van der Waals surface area contributed by atoms with E-state index in [2.05, 4.69) is 17.2 Å². The van der Waals surface area contributed by atoms with Crippen molar-refractivity contribution >= 4 is 39.1 Å². The largest absolute Gasteiger partial charge is 0.490 e. The molecule has 0 aliphatic carbocycles. The Morgan fingerprint density at radius 3 is 0.818 bits per heavy atom. The first kappa shape index (κ1) is 26.3. The van der Waals surface area contributed by atoms with Crippen LogP contribution < -0.4 is 0 Å². The number of phosphoric acid groups is 5. The van der Waals surface area contributed by atoms with Crippen molar-refractivity contribution in [2.45, 2.75) is 0 Å². The van der Waals surface area contributed by atoms with Gasteiger partial charge in [-0.05, 0) is 0 Å². The molecule has 0 aromatic carbocycles. The Morgan fingerprint density at radius 2 is 0.636 bits per heavy atom. The molecule has 132 valence electrons. The van der Waals surface area contributed by atoms with Crippen LogP contribution in [0, 0.1) is 41.7 Å². The maximum absolute atomic E-state index is 11.0. The minimum Gasteiger partial charge on any atom is -0.302 e. The molecule has 0 spiro atoms. The monoisotopic (exact) mass is 558 g/mol. The second-order valence-corrected chi connectivity index (χ2v) is 10.1. The molecule has 0 amide bonds. The molecule has 2 unspecified atom stereocenters. The molecule has 0 aromatic heterocycles. The molecule has 16 nitrogen and oxygen atoms in total. The topological polar surface area (TPSA) is 264 Å². The first-order chi connectivity index (χ1) is 8.83. The summed E-state index contributed by atoms with van der Waals surface area (Å²) in [5.41, 5.74) is 0. The van der Waals surface area contributed by atoms with Gasteiger partial charge in [-0.2, -0.15) is 17.2 Å². The molecule has 0 aromatic rings. The molecular formula is H7CeO16P5. The van der Waals surface area contributed by atoms with Crippen LogP contribution >= 0.6 is 39.1 Å². The average molecular weight is 558 g/mol. The molecular weight excluding hydrogens is 551 g/mol. The first-order valence-corrected chi connectivity index (χ1v) is 11.3. The van der Waals surface area contributed by atoms with Gasteiger partial charge in [0.05, 0.1) is 0 Å². The van der Waals surface area contributed by atoms with Gasteiger partial charge in [0.25, 0.3) is 0 Å². The van der Waals surface area contributed by atoms with Crippen molar-refractivity contribution in [3.8, 4) is 0 Å². The Bertz CT molecular complexity index is 552. The predicted molar refractivity (Wildman–Crippen MR) is 57.9 cm³/mol. The maximum atomic E-state index is 11.0. The van der Waals surface area contributed by atoms with Crippen LogP contribution in [0.15, 0.2) is 0 Å². The quantitative estimate of drug-likeness (QED) is 0.186. The summed E-state index contributed by atoms with van der Waals surface area (Å²) in [5.74, 6) is 0. The Kier molecular flexibility index (Phi) is 10.3. The van der Waals surface area contributed by atoms with Crippen LogP contribution in [0.4, 0.5) is 0 Å². The first-order valence-electron chi connectivity index (χ1n) is 3.77. The zero-order valence-corrected chi connectivity index (χ0v) is 17.2. The Morgan fingerprint density at radius 1 is 0.455 bits per heavy atom. The molecule has 0 fully saturated rings. The molecule has 0 rings (SSSR count).